The smallest absolute Gasteiger partial charge is 0.122 e. The lowest BCUT2D eigenvalue weighted by Gasteiger charge is -2.17. The number of hydrogen-bond donors (Lipinski definition) is 0. The maximum atomic E-state index is 6.20. The summed E-state index contributed by atoms with van der Waals surface area (Å²) in [4.78, 5) is 0. The molecule has 0 heterocycles. The van der Waals surface area contributed by atoms with Crippen molar-refractivity contribution in [2.75, 3.05) is 0 Å². The van der Waals surface area contributed by atoms with E-state index in [0.717, 1.165) is 28.3 Å². The first-order chi connectivity index (χ1) is 8.27. The van der Waals surface area contributed by atoms with Crippen molar-refractivity contribution in [2.24, 2.45) is 0 Å². The summed E-state index contributed by atoms with van der Waals surface area (Å²) in [7, 11) is 0. The number of aryl methyl sites for hydroxylation is 3. The van der Waals surface area contributed by atoms with Crippen molar-refractivity contribution < 1.29 is 0 Å². The second-order valence-corrected chi connectivity index (χ2v) is 12.7. The molecule has 0 nitrogen and oxygen atoms in total. The Bertz CT molecular complexity index is 483. The van der Waals surface area contributed by atoms with E-state index in [1.807, 2.05) is 26.8 Å². The highest BCUT2D eigenvalue weighted by molar-refractivity contribution is 7.71. The Balaban J connectivity index is 3.55. The third-order valence-electron chi connectivity index (χ3n) is 2.66. The van der Waals surface area contributed by atoms with Gasteiger partial charge in [-0.1, -0.05) is 24.6 Å². The van der Waals surface area contributed by atoms with E-state index in [1.165, 1.54) is 5.56 Å². The van der Waals surface area contributed by atoms with Gasteiger partial charge >= 0.3 is 6.00 Å². The minimum atomic E-state index is -2.95. The number of hydrogen-bond acceptors (Lipinski definition) is 0. The van der Waals surface area contributed by atoms with Crippen molar-refractivity contribution in [3.63, 3.8) is 0 Å². The zero-order chi connectivity index (χ0) is 13.9. The van der Waals surface area contributed by atoms with E-state index in [0.29, 0.717) is 0 Å². The molecule has 1 rings (SSSR count). The van der Waals surface area contributed by atoms with E-state index in [9.17, 15) is 0 Å². The molecule has 0 atom stereocenters. The zero-order valence-corrected chi connectivity index (χ0v) is 14.3. The van der Waals surface area contributed by atoms with Crippen LogP contribution >= 0.6 is 33.2 Å². The number of allylic oxidation sites excluding steroid dienone is 1. The van der Waals surface area contributed by atoms with E-state index in [4.69, 9.17) is 33.2 Å². The van der Waals surface area contributed by atoms with E-state index >= 15 is 0 Å². The van der Waals surface area contributed by atoms with Gasteiger partial charge in [0, 0.05) is 5.20 Å². The molecule has 0 aliphatic carbocycles. The van der Waals surface area contributed by atoms with Crippen LogP contribution in [-0.4, -0.2) is 6.00 Å². The van der Waals surface area contributed by atoms with Gasteiger partial charge in [-0.25, -0.2) is 0 Å². The first-order valence-corrected chi connectivity index (χ1v) is 10.9. The van der Waals surface area contributed by atoms with Crippen LogP contribution in [0.1, 0.15) is 35.6 Å². The quantitative estimate of drug-likeness (QED) is 0.378. The highest BCUT2D eigenvalue weighted by Crippen LogP contribution is 2.38. The van der Waals surface area contributed by atoms with Crippen LogP contribution in [0.25, 0.3) is 5.20 Å². The van der Waals surface area contributed by atoms with Gasteiger partial charge in [-0.05, 0) is 50.0 Å². The van der Waals surface area contributed by atoms with Crippen LogP contribution < -0.4 is 0 Å². The first-order valence-electron chi connectivity index (χ1n) is 5.88. The molecule has 0 aromatic heterocycles. The molecule has 0 amide bonds. The Morgan fingerprint density at radius 2 is 1.67 bits per heavy atom. The van der Waals surface area contributed by atoms with Crippen LogP contribution in [0.15, 0.2) is 23.9 Å². The Labute approximate surface area is 124 Å². The summed E-state index contributed by atoms with van der Waals surface area (Å²) in [6, 6.07) is 1.27. The molecule has 0 saturated heterocycles. The Hall–Kier alpha value is -0.173. The molecule has 0 fully saturated rings. The Morgan fingerprint density at radius 1 is 1.17 bits per heavy atom. The van der Waals surface area contributed by atoms with Gasteiger partial charge in [-0.15, -0.1) is 39.0 Å². The fourth-order valence-corrected chi connectivity index (χ4v) is 4.36. The van der Waals surface area contributed by atoms with Gasteiger partial charge in [0.2, 0.25) is 0 Å². The van der Waals surface area contributed by atoms with Crippen LogP contribution in [0, 0.1) is 20.8 Å². The largest absolute Gasteiger partial charge is 0.381 e. The van der Waals surface area contributed by atoms with Gasteiger partial charge in [0.15, 0.2) is 0 Å². The van der Waals surface area contributed by atoms with Gasteiger partial charge in [-0.2, -0.15) is 0 Å². The van der Waals surface area contributed by atoms with Crippen LogP contribution in [-0.2, 0) is 0 Å². The van der Waals surface area contributed by atoms with Crippen molar-refractivity contribution in [3.05, 3.63) is 46.2 Å². The van der Waals surface area contributed by atoms with Gasteiger partial charge < -0.3 is 0 Å². The molecule has 1 aromatic rings. The van der Waals surface area contributed by atoms with Crippen molar-refractivity contribution in [3.8, 4) is 0 Å². The molecule has 0 saturated carbocycles. The minimum Gasteiger partial charge on any atom is -0.122 e. The number of rotatable bonds is 3. The molecule has 0 N–H and O–H groups in total. The third-order valence-corrected chi connectivity index (χ3v) is 5.32. The number of benzene rings is 1. The van der Waals surface area contributed by atoms with Gasteiger partial charge in [-0.3, -0.25) is 0 Å². The second-order valence-electron chi connectivity index (χ2n) is 4.40. The zero-order valence-electron chi connectivity index (χ0n) is 11.1. The maximum Gasteiger partial charge on any atom is 0.381 e. The SMILES string of the molecule is CCC=C=C(c1c(C)cc(C)cc1C)[Si](Cl)(Cl)Cl. The molecule has 1 aromatic carbocycles. The highest BCUT2D eigenvalue weighted by atomic mass is 35.8. The van der Waals surface area contributed by atoms with E-state index in [-0.39, 0.29) is 0 Å². The lowest BCUT2D eigenvalue weighted by Crippen LogP contribution is -2.14. The molecule has 0 aliphatic rings. The molecule has 0 aliphatic heterocycles. The summed E-state index contributed by atoms with van der Waals surface area (Å²) >= 11 is 18.6. The lowest BCUT2D eigenvalue weighted by molar-refractivity contribution is 1.23. The van der Waals surface area contributed by atoms with Crippen LogP contribution in [0.5, 0.6) is 0 Å². The third kappa shape index (κ3) is 3.91. The molecule has 18 heavy (non-hydrogen) atoms. The van der Waals surface area contributed by atoms with Crippen LogP contribution in [0.3, 0.4) is 0 Å². The van der Waals surface area contributed by atoms with Crippen molar-refractivity contribution in [1.82, 2.24) is 0 Å². The normalized spacial score (nSPS) is 11.1. The lowest BCUT2D eigenvalue weighted by atomic mass is 9.99. The molecular weight excluding hydrogens is 303 g/mol. The van der Waals surface area contributed by atoms with Gasteiger partial charge in [0.05, 0.1) is 0 Å². The highest BCUT2D eigenvalue weighted by Gasteiger charge is 2.33. The van der Waals surface area contributed by atoms with Crippen molar-refractivity contribution in [2.45, 2.75) is 34.1 Å². The van der Waals surface area contributed by atoms with Gasteiger partial charge in [0.25, 0.3) is 0 Å². The molecule has 0 spiro atoms. The average molecular weight is 320 g/mol. The Kier molecular flexibility index (Phi) is 5.58. The van der Waals surface area contributed by atoms with Crippen LogP contribution in [0.4, 0.5) is 0 Å². The standard InChI is InChI=1S/C14H17Cl3Si/c1-5-6-7-13(18(15,16)17)14-11(3)8-10(2)9-12(14)4/h6,8-9H,5H2,1-4H3. The Morgan fingerprint density at radius 3 is 2.06 bits per heavy atom. The molecule has 0 bridgehead atoms. The monoisotopic (exact) mass is 318 g/mol. The predicted molar refractivity (Wildman–Crippen MR) is 85.7 cm³/mol. The summed E-state index contributed by atoms with van der Waals surface area (Å²) in [5.41, 5.74) is 7.72. The van der Waals surface area contributed by atoms with E-state index in [2.05, 4.69) is 24.8 Å². The maximum absolute atomic E-state index is 6.20. The predicted octanol–water partition coefficient (Wildman–Crippen LogP) is 5.75. The summed E-state index contributed by atoms with van der Waals surface area (Å²) in [6.07, 6.45) is 2.80. The average Bonchev–Trinajstić information content (AvgIpc) is 2.19. The second kappa shape index (κ2) is 6.32. The summed E-state index contributed by atoms with van der Waals surface area (Å²) in [6.45, 7) is 8.21. The van der Waals surface area contributed by atoms with Gasteiger partial charge in [0.1, 0.15) is 0 Å². The fraction of sp³-hybridized carbons (Fsp3) is 0.357. The molecule has 0 unspecified atom stereocenters. The van der Waals surface area contributed by atoms with Crippen LogP contribution in [0.2, 0.25) is 0 Å². The fourth-order valence-electron chi connectivity index (χ4n) is 2.07. The topological polar surface area (TPSA) is 0 Å². The van der Waals surface area contributed by atoms with Crippen molar-refractivity contribution >= 4 is 44.4 Å². The molecule has 0 radical (unpaired) electrons. The molecular formula is C14H17Cl3Si. The van der Waals surface area contributed by atoms with E-state index < -0.39 is 6.00 Å². The number of halogens is 3. The first kappa shape index (κ1) is 15.9. The summed E-state index contributed by atoms with van der Waals surface area (Å²) in [5, 5.41) is 0.754. The van der Waals surface area contributed by atoms with Crippen molar-refractivity contribution in [1.29, 1.82) is 0 Å². The summed E-state index contributed by atoms with van der Waals surface area (Å²) < 4.78 is 0. The summed E-state index contributed by atoms with van der Waals surface area (Å²) in [5.74, 6) is 0. The van der Waals surface area contributed by atoms with E-state index in [1.54, 1.807) is 0 Å². The minimum absolute atomic E-state index is 0.754. The molecule has 4 heteroatoms. The molecule has 98 valence electrons.